The molecule has 0 aliphatic carbocycles. The van der Waals surface area contributed by atoms with Crippen LogP contribution >= 0.6 is 0 Å². The van der Waals surface area contributed by atoms with Crippen LogP contribution in [0.1, 0.15) is 0 Å². The topological polar surface area (TPSA) is 51.6 Å². The van der Waals surface area contributed by atoms with E-state index in [1.807, 2.05) is 12.3 Å². The zero-order valence-corrected chi connectivity index (χ0v) is 27.0. The van der Waals surface area contributed by atoms with Crippen molar-refractivity contribution in [2.75, 3.05) is 0 Å². The highest BCUT2D eigenvalue weighted by Gasteiger charge is 2.10. The molecule has 0 saturated heterocycles. The van der Waals surface area contributed by atoms with Gasteiger partial charge in [-0.3, -0.25) is 4.98 Å². The summed E-state index contributed by atoms with van der Waals surface area (Å²) < 4.78 is 0. The molecule has 6 aromatic carbocycles. The van der Waals surface area contributed by atoms with Gasteiger partial charge in [-0.25, -0.2) is 15.0 Å². The van der Waals surface area contributed by atoms with Crippen LogP contribution in [0.25, 0.3) is 99.3 Å². The van der Waals surface area contributed by atoms with E-state index in [0.717, 1.165) is 88.5 Å². The summed E-state index contributed by atoms with van der Waals surface area (Å²) in [5.41, 5.74) is 12.2. The molecule has 0 bridgehead atoms. The highest BCUT2D eigenvalue weighted by molar-refractivity contribution is 6.03. The van der Waals surface area contributed by atoms with Gasteiger partial charge in [0.2, 0.25) is 0 Å². The quantitative estimate of drug-likeness (QED) is 0.180. The second-order valence-corrected chi connectivity index (χ2v) is 12.8. The molecule has 0 aliphatic heterocycles. The predicted octanol–water partition coefficient (Wildman–Crippen LogP) is 11.7. The zero-order chi connectivity index (χ0) is 33.0. The Morgan fingerprint density at radius 2 is 0.740 bits per heavy atom. The van der Waals surface area contributed by atoms with Crippen LogP contribution in [0.3, 0.4) is 0 Å². The van der Waals surface area contributed by atoms with E-state index in [0.29, 0.717) is 0 Å². The molecular weight excluding hydrogens is 609 g/mol. The fraction of sp³-hybridized carbons (Fsp3) is 0. The lowest BCUT2D eigenvalue weighted by Gasteiger charge is -2.09. The lowest BCUT2D eigenvalue weighted by Crippen LogP contribution is -1.90. The first-order chi connectivity index (χ1) is 24.7. The predicted molar refractivity (Wildman–Crippen MR) is 207 cm³/mol. The van der Waals surface area contributed by atoms with Crippen LogP contribution in [0.5, 0.6) is 0 Å². The summed E-state index contributed by atoms with van der Waals surface area (Å²) in [7, 11) is 0. The van der Waals surface area contributed by atoms with Gasteiger partial charge in [0.05, 0.1) is 39.1 Å². The van der Waals surface area contributed by atoms with E-state index in [4.69, 9.17) is 15.0 Å². The SMILES string of the molecule is c1ccc2cc(-c3ccc4cc(-c5ccc6nc(-c7ccc(-c8ccc9ccc%10cccnc%10c9n8)cc7)ccc6c5)ccc4n3)ccc2c1. The Labute approximate surface area is 288 Å². The van der Waals surface area contributed by atoms with Gasteiger partial charge in [0.1, 0.15) is 0 Å². The Morgan fingerprint density at radius 3 is 1.42 bits per heavy atom. The summed E-state index contributed by atoms with van der Waals surface area (Å²) in [6, 6.07) is 57.4. The molecule has 0 spiro atoms. The first kappa shape index (κ1) is 28.3. The molecule has 0 aliphatic rings. The summed E-state index contributed by atoms with van der Waals surface area (Å²) in [6.07, 6.45) is 1.83. The van der Waals surface area contributed by atoms with Crippen LogP contribution in [0.15, 0.2) is 170 Å². The number of nitrogens with zero attached hydrogens (tertiary/aromatic N) is 4. The Bertz CT molecular complexity index is 2930. The van der Waals surface area contributed by atoms with Gasteiger partial charge in [-0.15, -0.1) is 0 Å². The van der Waals surface area contributed by atoms with Gasteiger partial charge in [-0.2, -0.15) is 0 Å². The molecule has 10 aromatic rings. The Kier molecular flexibility index (Phi) is 6.46. The smallest absolute Gasteiger partial charge is 0.0972 e. The lowest BCUT2D eigenvalue weighted by atomic mass is 10.00. The molecule has 4 nitrogen and oxygen atoms in total. The van der Waals surface area contributed by atoms with Crippen LogP contribution in [-0.2, 0) is 0 Å². The number of benzene rings is 6. The molecule has 0 unspecified atom stereocenters. The van der Waals surface area contributed by atoms with Crippen molar-refractivity contribution in [3.63, 3.8) is 0 Å². The van der Waals surface area contributed by atoms with Gasteiger partial charge in [-0.1, -0.05) is 109 Å². The van der Waals surface area contributed by atoms with Crippen LogP contribution in [-0.4, -0.2) is 19.9 Å². The number of aromatic nitrogens is 4. The van der Waals surface area contributed by atoms with Gasteiger partial charge < -0.3 is 0 Å². The van der Waals surface area contributed by atoms with Gasteiger partial charge >= 0.3 is 0 Å². The summed E-state index contributed by atoms with van der Waals surface area (Å²) in [5, 5.41) is 6.86. The van der Waals surface area contributed by atoms with E-state index in [9.17, 15) is 0 Å². The fourth-order valence-corrected chi connectivity index (χ4v) is 6.98. The summed E-state index contributed by atoms with van der Waals surface area (Å²) in [5.74, 6) is 0. The highest BCUT2D eigenvalue weighted by atomic mass is 14.8. The third kappa shape index (κ3) is 4.94. The third-order valence-electron chi connectivity index (χ3n) is 9.67. The molecule has 10 rings (SSSR count). The van der Waals surface area contributed by atoms with E-state index in [-0.39, 0.29) is 0 Å². The molecule has 232 valence electrons. The Hall–Kier alpha value is -6.78. The van der Waals surface area contributed by atoms with Crippen molar-refractivity contribution in [1.29, 1.82) is 0 Å². The van der Waals surface area contributed by atoms with Gasteiger partial charge in [-0.05, 0) is 76.5 Å². The number of hydrogen-bond acceptors (Lipinski definition) is 4. The summed E-state index contributed by atoms with van der Waals surface area (Å²) in [6.45, 7) is 0. The average Bonchev–Trinajstić information content (AvgIpc) is 3.19. The van der Waals surface area contributed by atoms with E-state index in [1.165, 1.54) is 10.8 Å². The van der Waals surface area contributed by atoms with Crippen molar-refractivity contribution >= 4 is 54.4 Å². The molecular formula is C46H28N4. The largest absolute Gasteiger partial charge is 0.254 e. The lowest BCUT2D eigenvalue weighted by molar-refractivity contribution is 1.36. The summed E-state index contributed by atoms with van der Waals surface area (Å²) >= 11 is 0. The van der Waals surface area contributed by atoms with Crippen LogP contribution in [0, 0.1) is 0 Å². The molecule has 0 radical (unpaired) electrons. The first-order valence-electron chi connectivity index (χ1n) is 16.8. The van der Waals surface area contributed by atoms with Crippen molar-refractivity contribution in [2.45, 2.75) is 0 Å². The Balaban J connectivity index is 0.916. The van der Waals surface area contributed by atoms with Crippen LogP contribution in [0.4, 0.5) is 0 Å². The fourth-order valence-electron chi connectivity index (χ4n) is 6.98. The second-order valence-electron chi connectivity index (χ2n) is 12.8. The van der Waals surface area contributed by atoms with Crippen molar-refractivity contribution in [3.05, 3.63) is 170 Å². The molecule has 0 fully saturated rings. The maximum absolute atomic E-state index is 5.03. The number of rotatable bonds is 4. The van der Waals surface area contributed by atoms with Gasteiger partial charge in [0.15, 0.2) is 0 Å². The zero-order valence-electron chi connectivity index (χ0n) is 27.0. The number of hydrogen-bond donors (Lipinski definition) is 0. The Morgan fingerprint density at radius 1 is 0.280 bits per heavy atom. The molecule has 0 N–H and O–H groups in total. The van der Waals surface area contributed by atoms with Crippen molar-refractivity contribution in [1.82, 2.24) is 19.9 Å². The van der Waals surface area contributed by atoms with E-state index >= 15 is 0 Å². The minimum Gasteiger partial charge on any atom is -0.254 e. The molecule has 50 heavy (non-hydrogen) atoms. The van der Waals surface area contributed by atoms with E-state index in [1.54, 1.807) is 0 Å². The molecule has 4 heteroatoms. The minimum absolute atomic E-state index is 0.923. The first-order valence-corrected chi connectivity index (χ1v) is 16.8. The monoisotopic (exact) mass is 636 g/mol. The molecule has 4 heterocycles. The van der Waals surface area contributed by atoms with Gasteiger partial charge in [0, 0.05) is 44.4 Å². The maximum atomic E-state index is 5.03. The summed E-state index contributed by atoms with van der Waals surface area (Å²) in [4.78, 5) is 19.7. The molecule has 0 saturated carbocycles. The van der Waals surface area contributed by atoms with Crippen LogP contribution in [0.2, 0.25) is 0 Å². The van der Waals surface area contributed by atoms with Crippen LogP contribution < -0.4 is 0 Å². The van der Waals surface area contributed by atoms with E-state index in [2.05, 4.69) is 163 Å². The van der Waals surface area contributed by atoms with Gasteiger partial charge in [0.25, 0.3) is 0 Å². The number of fused-ring (bicyclic) bond motifs is 6. The molecule has 0 atom stereocenters. The number of pyridine rings is 4. The highest BCUT2D eigenvalue weighted by Crippen LogP contribution is 2.32. The standard InChI is InChI=1S/C46H28N4/c1-2-5-34-26-37(14-7-29(34)4-1)44-24-19-39-28-36(17-22-43(39)49-44)35-16-21-42-38(27-35)18-23-40(48-42)30-8-10-31(11-9-30)41-20-15-33-13-12-32-6-3-25-47-45(32)46(33)50-41/h1-28H. The maximum Gasteiger partial charge on any atom is 0.0972 e. The molecule has 0 amide bonds. The normalized spacial score (nSPS) is 11.6. The second kappa shape index (κ2) is 11.4. The van der Waals surface area contributed by atoms with Crippen molar-refractivity contribution < 1.29 is 0 Å². The van der Waals surface area contributed by atoms with Crippen molar-refractivity contribution in [3.8, 4) is 44.9 Å². The molecule has 4 aromatic heterocycles. The minimum atomic E-state index is 0.923. The van der Waals surface area contributed by atoms with Crippen molar-refractivity contribution in [2.24, 2.45) is 0 Å². The third-order valence-corrected chi connectivity index (χ3v) is 9.67. The van der Waals surface area contributed by atoms with E-state index < -0.39 is 0 Å². The average molecular weight is 637 g/mol.